The molecule has 208 valence electrons. The number of fused-ring (bicyclic) bond motifs is 1. The van der Waals surface area contributed by atoms with Crippen molar-refractivity contribution in [3.8, 4) is 17.0 Å². The number of carbonyl (C=O) groups excluding carboxylic acids is 1. The first-order valence-corrected chi connectivity index (χ1v) is 12.8. The maximum atomic E-state index is 14.5. The van der Waals surface area contributed by atoms with E-state index in [0.29, 0.717) is 13.0 Å². The van der Waals surface area contributed by atoms with Crippen LogP contribution in [0.25, 0.3) is 11.3 Å². The van der Waals surface area contributed by atoms with Crippen LogP contribution in [0.4, 0.5) is 22.4 Å². The summed E-state index contributed by atoms with van der Waals surface area (Å²) in [6, 6.07) is 6.88. The largest absolute Gasteiger partial charge is 0.496 e. The molecule has 8 nitrogen and oxygen atoms in total. The highest BCUT2D eigenvalue weighted by Crippen LogP contribution is 2.35. The van der Waals surface area contributed by atoms with Crippen LogP contribution in [0, 0.1) is 18.7 Å². The van der Waals surface area contributed by atoms with E-state index < -0.39 is 30.0 Å². The number of alkyl halides is 3. The van der Waals surface area contributed by atoms with Crippen LogP contribution in [0.3, 0.4) is 0 Å². The van der Waals surface area contributed by atoms with Gasteiger partial charge in [0, 0.05) is 72.9 Å². The van der Waals surface area contributed by atoms with Crippen molar-refractivity contribution >= 4 is 6.03 Å². The molecule has 2 amide bonds. The normalized spacial score (nSPS) is 20.0. The molecule has 1 fully saturated rings. The summed E-state index contributed by atoms with van der Waals surface area (Å²) in [4.78, 5) is 20.6. The fraction of sp³-hybridized carbons (Fsp3) is 0.444. The number of hydrogen-bond donors (Lipinski definition) is 2. The monoisotopic (exact) mass is 546 g/mol. The Morgan fingerprint density at radius 2 is 2.08 bits per heavy atom. The molecular formula is C27H30F4N6O2. The Bertz CT molecular complexity index is 1340. The average Bonchev–Trinajstić information content (AvgIpc) is 3.32. The molecule has 2 aromatic heterocycles. The van der Waals surface area contributed by atoms with Crippen LogP contribution in [-0.4, -0.2) is 70.0 Å². The van der Waals surface area contributed by atoms with Gasteiger partial charge in [-0.15, -0.1) is 0 Å². The summed E-state index contributed by atoms with van der Waals surface area (Å²) in [6.45, 7) is 2.37. The van der Waals surface area contributed by atoms with Gasteiger partial charge in [-0.25, -0.2) is 9.18 Å². The van der Waals surface area contributed by atoms with Crippen LogP contribution in [0.1, 0.15) is 28.9 Å². The third-order valence-electron chi connectivity index (χ3n) is 7.39. The van der Waals surface area contributed by atoms with Crippen LogP contribution < -0.4 is 10.1 Å². The predicted octanol–water partition coefficient (Wildman–Crippen LogP) is 4.45. The number of rotatable bonds is 5. The molecule has 0 spiro atoms. The number of benzene rings is 1. The number of carbonyl (C=O) groups is 1. The minimum Gasteiger partial charge on any atom is -0.496 e. The van der Waals surface area contributed by atoms with E-state index in [0.717, 1.165) is 28.2 Å². The van der Waals surface area contributed by atoms with Crippen LogP contribution in [0.5, 0.6) is 5.75 Å². The first-order valence-electron chi connectivity index (χ1n) is 12.8. The fourth-order valence-corrected chi connectivity index (χ4v) is 5.43. The summed E-state index contributed by atoms with van der Waals surface area (Å²) in [5, 5.41) is 10.3. The second-order valence-electron chi connectivity index (χ2n) is 10.1. The molecule has 4 heterocycles. The number of amides is 2. The number of piperidine rings is 1. The molecule has 2 atom stereocenters. The lowest BCUT2D eigenvalue weighted by Crippen LogP contribution is -2.56. The van der Waals surface area contributed by atoms with Gasteiger partial charge in [-0.2, -0.15) is 18.3 Å². The quantitative estimate of drug-likeness (QED) is 0.462. The summed E-state index contributed by atoms with van der Waals surface area (Å²) in [5.41, 5.74) is 4.45. The first kappa shape index (κ1) is 26.9. The molecule has 1 saturated heterocycles. The number of ether oxygens (including phenoxy) is 1. The van der Waals surface area contributed by atoms with Gasteiger partial charge < -0.3 is 15.0 Å². The van der Waals surface area contributed by atoms with Gasteiger partial charge >= 0.3 is 12.2 Å². The number of likely N-dealkylation sites (tertiary alicyclic amines) is 1. The first-order chi connectivity index (χ1) is 18.6. The number of nitrogens with one attached hydrogen (secondary N) is 2. The number of pyridine rings is 1. The van der Waals surface area contributed by atoms with Crippen LogP contribution in [0.2, 0.25) is 0 Å². The van der Waals surface area contributed by atoms with Crippen molar-refractivity contribution in [2.75, 3.05) is 26.7 Å². The molecule has 2 aliphatic heterocycles. The van der Waals surface area contributed by atoms with E-state index in [2.05, 4.69) is 20.5 Å². The highest BCUT2D eigenvalue weighted by molar-refractivity contribution is 5.76. The van der Waals surface area contributed by atoms with E-state index in [9.17, 15) is 22.4 Å². The van der Waals surface area contributed by atoms with E-state index in [4.69, 9.17) is 4.74 Å². The molecule has 39 heavy (non-hydrogen) atoms. The van der Waals surface area contributed by atoms with E-state index in [-0.39, 0.29) is 43.9 Å². The number of halogens is 4. The van der Waals surface area contributed by atoms with Gasteiger partial charge in [0.05, 0.1) is 25.3 Å². The SMILES string of the molecule is COc1cccc(F)c1CN1CC(NC(=O)N2CCc3[nH]nc(-c4ccnc(C)c4)c3C2)CC(C(F)(F)F)C1. The number of urea groups is 1. The summed E-state index contributed by atoms with van der Waals surface area (Å²) >= 11 is 0. The summed E-state index contributed by atoms with van der Waals surface area (Å²) in [6.07, 6.45) is -2.45. The minimum atomic E-state index is -4.45. The molecule has 0 aliphatic carbocycles. The summed E-state index contributed by atoms with van der Waals surface area (Å²) in [7, 11) is 1.39. The maximum absolute atomic E-state index is 14.5. The number of methoxy groups -OCH3 is 1. The molecule has 2 unspecified atom stereocenters. The van der Waals surface area contributed by atoms with Gasteiger partial charge in [0.15, 0.2) is 0 Å². The van der Waals surface area contributed by atoms with Gasteiger partial charge in [0.1, 0.15) is 11.6 Å². The Kier molecular flexibility index (Phi) is 7.48. The average molecular weight is 547 g/mol. The topological polar surface area (TPSA) is 86.4 Å². The van der Waals surface area contributed by atoms with E-state index in [1.807, 2.05) is 19.1 Å². The van der Waals surface area contributed by atoms with Gasteiger partial charge in [-0.3, -0.25) is 15.0 Å². The Labute approximate surface area is 223 Å². The van der Waals surface area contributed by atoms with E-state index >= 15 is 0 Å². The number of H-pyrrole nitrogens is 1. The third kappa shape index (κ3) is 5.85. The van der Waals surface area contributed by atoms with Crippen LogP contribution >= 0.6 is 0 Å². The number of nitrogens with zero attached hydrogens (tertiary/aromatic N) is 4. The Morgan fingerprint density at radius 1 is 1.26 bits per heavy atom. The molecule has 12 heteroatoms. The molecular weight excluding hydrogens is 516 g/mol. The van der Waals surface area contributed by atoms with E-state index in [1.165, 1.54) is 24.1 Å². The molecule has 3 aromatic rings. The highest BCUT2D eigenvalue weighted by atomic mass is 19.4. The van der Waals surface area contributed by atoms with Crippen molar-refractivity contribution in [2.24, 2.45) is 5.92 Å². The van der Waals surface area contributed by atoms with Gasteiger partial charge in [-0.1, -0.05) is 6.07 Å². The summed E-state index contributed by atoms with van der Waals surface area (Å²) in [5.74, 6) is -1.93. The number of hydrogen-bond acceptors (Lipinski definition) is 5. The number of aromatic nitrogens is 3. The van der Waals surface area contributed by atoms with Gasteiger partial charge in [0.2, 0.25) is 0 Å². The summed E-state index contributed by atoms with van der Waals surface area (Å²) < 4.78 is 61.3. The zero-order valence-corrected chi connectivity index (χ0v) is 21.7. The van der Waals surface area contributed by atoms with Crippen molar-refractivity contribution < 1.29 is 27.1 Å². The molecule has 1 aromatic carbocycles. The molecule has 0 radical (unpaired) electrons. The smallest absolute Gasteiger partial charge is 0.393 e. The van der Waals surface area contributed by atoms with Crippen molar-refractivity contribution in [2.45, 2.75) is 45.1 Å². The molecule has 2 N–H and O–H groups in total. The van der Waals surface area contributed by atoms with Gasteiger partial charge in [0.25, 0.3) is 0 Å². The van der Waals surface area contributed by atoms with Crippen molar-refractivity contribution in [3.63, 3.8) is 0 Å². The Hall–Kier alpha value is -3.67. The van der Waals surface area contributed by atoms with Gasteiger partial charge in [-0.05, 0) is 37.6 Å². The second-order valence-corrected chi connectivity index (χ2v) is 10.1. The Balaban J connectivity index is 1.31. The maximum Gasteiger partial charge on any atom is 0.393 e. The molecule has 2 aliphatic rings. The third-order valence-corrected chi connectivity index (χ3v) is 7.39. The van der Waals surface area contributed by atoms with Crippen molar-refractivity contribution in [1.82, 2.24) is 30.3 Å². The number of aryl methyl sites for hydroxylation is 1. The molecule has 0 saturated carbocycles. The minimum absolute atomic E-state index is 0.0639. The zero-order valence-electron chi connectivity index (χ0n) is 21.7. The lowest BCUT2D eigenvalue weighted by molar-refractivity contribution is -0.189. The van der Waals surface area contributed by atoms with Crippen molar-refractivity contribution in [3.05, 3.63) is 64.9 Å². The number of aromatic amines is 1. The standard InChI is InChI=1S/C27H30F4N6O2/c1-16-10-17(6-8-32-16)25-21-15-37(9-7-23(21)34-35-25)26(38)33-19-11-18(27(29,30)31)12-36(13-19)14-20-22(28)4-3-5-24(20)39-2/h3-6,8,10,18-19H,7,9,11-15H2,1-2H3,(H,33,38)(H,34,35). The predicted molar refractivity (Wildman–Crippen MR) is 135 cm³/mol. The fourth-order valence-electron chi connectivity index (χ4n) is 5.43. The Morgan fingerprint density at radius 3 is 2.82 bits per heavy atom. The van der Waals surface area contributed by atoms with Crippen LogP contribution in [-0.2, 0) is 19.5 Å². The zero-order chi connectivity index (χ0) is 27.7. The molecule has 0 bridgehead atoms. The lowest BCUT2D eigenvalue weighted by Gasteiger charge is -2.40. The lowest BCUT2D eigenvalue weighted by atomic mass is 9.93. The van der Waals surface area contributed by atoms with E-state index in [1.54, 1.807) is 17.2 Å². The second kappa shape index (κ2) is 10.8. The van der Waals surface area contributed by atoms with Crippen molar-refractivity contribution in [1.29, 1.82) is 0 Å². The highest BCUT2D eigenvalue weighted by Gasteiger charge is 2.45. The molecule has 5 rings (SSSR count). The van der Waals surface area contributed by atoms with Crippen LogP contribution in [0.15, 0.2) is 36.5 Å².